The van der Waals surface area contributed by atoms with E-state index in [0.29, 0.717) is 12.1 Å². The van der Waals surface area contributed by atoms with Crippen LogP contribution in [0.1, 0.15) is 72.7 Å². The van der Waals surface area contributed by atoms with Crippen LogP contribution < -0.4 is 10.6 Å². The number of aliphatic hydroxyl groups excluding tert-OH is 2. The largest absolute Gasteiger partial charge is 0.481 e. The topological polar surface area (TPSA) is 132 Å². The van der Waals surface area contributed by atoms with E-state index in [9.17, 15) is 24.2 Å². The summed E-state index contributed by atoms with van der Waals surface area (Å²) in [5.41, 5.74) is 8.27. The molecule has 1 aliphatic carbocycles. The van der Waals surface area contributed by atoms with Gasteiger partial charge in [0.2, 0.25) is 0 Å². The first kappa shape index (κ1) is 30.9. The van der Waals surface area contributed by atoms with Crippen LogP contribution in [0.15, 0.2) is 48.5 Å². The van der Waals surface area contributed by atoms with Gasteiger partial charge in [-0.1, -0.05) is 44.2 Å². The summed E-state index contributed by atoms with van der Waals surface area (Å²) in [4.78, 5) is 28.1. The molecule has 5 N–H and O–H groups in total. The molecule has 0 unspecified atom stereocenters. The number of amides is 2. The minimum Gasteiger partial charge on any atom is -0.481 e. The fraction of sp³-hybridized carbons (Fsp3) is 0.364. The number of nitrogens with zero attached hydrogens (tertiary/aromatic N) is 1. The summed E-state index contributed by atoms with van der Waals surface area (Å²) in [5, 5.41) is 35.0. The predicted octanol–water partition coefficient (Wildman–Crippen LogP) is 5.44. The number of urea groups is 1. The van der Waals surface area contributed by atoms with Crippen LogP contribution in [0.5, 0.6) is 0 Å². The van der Waals surface area contributed by atoms with E-state index in [4.69, 9.17) is 10.1 Å². The summed E-state index contributed by atoms with van der Waals surface area (Å²) in [6, 6.07) is 12.0. The molecule has 1 aromatic heterocycles. The highest BCUT2D eigenvalue weighted by molar-refractivity contribution is 5.89. The van der Waals surface area contributed by atoms with Gasteiger partial charge in [-0.15, -0.1) is 0 Å². The Labute approximate surface area is 245 Å². The van der Waals surface area contributed by atoms with E-state index in [1.165, 1.54) is 17.7 Å². The molecule has 0 saturated carbocycles. The van der Waals surface area contributed by atoms with Gasteiger partial charge in [0.05, 0.1) is 24.3 Å². The Morgan fingerprint density at radius 1 is 1.07 bits per heavy atom. The molecule has 2 atom stereocenters. The average molecular weight is 576 g/mol. The van der Waals surface area contributed by atoms with Gasteiger partial charge in [-0.3, -0.25) is 9.78 Å². The van der Waals surface area contributed by atoms with Crippen LogP contribution in [0.25, 0.3) is 17.2 Å². The van der Waals surface area contributed by atoms with Gasteiger partial charge in [-0.25, -0.2) is 9.18 Å². The lowest BCUT2D eigenvalue weighted by atomic mass is 9.83. The molecule has 2 aromatic carbocycles. The van der Waals surface area contributed by atoms with E-state index in [2.05, 4.69) is 10.6 Å². The molecule has 222 valence electrons. The fourth-order valence-corrected chi connectivity index (χ4v) is 5.47. The van der Waals surface area contributed by atoms with E-state index >= 15 is 0 Å². The molecule has 0 radical (unpaired) electrons. The molecule has 2 amide bonds. The second-order valence-corrected chi connectivity index (χ2v) is 11.0. The molecule has 0 saturated heterocycles. The van der Waals surface area contributed by atoms with Crippen molar-refractivity contribution >= 4 is 23.8 Å². The molecule has 4 rings (SSSR count). The van der Waals surface area contributed by atoms with Crippen molar-refractivity contribution in [2.75, 3.05) is 12.4 Å². The third-order valence-corrected chi connectivity index (χ3v) is 7.46. The maximum atomic E-state index is 14.0. The number of hydrogen-bond acceptors (Lipinski definition) is 5. The zero-order chi connectivity index (χ0) is 30.4. The maximum Gasteiger partial charge on any atom is 0.318 e. The van der Waals surface area contributed by atoms with Crippen LogP contribution in [0.4, 0.5) is 14.9 Å². The first-order chi connectivity index (χ1) is 20.0. The minimum absolute atomic E-state index is 0.00931. The number of aliphatic carboxylic acids is 1. The molecule has 3 aromatic rings. The summed E-state index contributed by atoms with van der Waals surface area (Å²) in [6.45, 7) is 4.08. The lowest BCUT2D eigenvalue weighted by Gasteiger charge is -2.25. The zero-order valence-electron chi connectivity index (χ0n) is 24.2. The molecule has 1 aliphatic rings. The van der Waals surface area contributed by atoms with Crippen LogP contribution in [-0.4, -0.2) is 51.6 Å². The van der Waals surface area contributed by atoms with Crippen molar-refractivity contribution in [2.45, 2.75) is 70.5 Å². The number of anilines is 1. The Balaban J connectivity index is 1.84. The molecule has 9 heteroatoms. The summed E-state index contributed by atoms with van der Waals surface area (Å²) < 4.78 is 14.0. The number of hydrogen-bond donors (Lipinski definition) is 5. The number of carbonyl (C=O) groups is 2. The normalized spacial score (nSPS) is 14.5. The van der Waals surface area contributed by atoms with Gasteiger partial charge >= 0.3 is 12.0 Å². The lowest BCUT2D eigenvalue weighted by molar-refractivity contribution is -0.139. The van der Waals surface area contributed by atoms with E-state index < -0.39 is 24.6 Å². The Morgan fingerprint density at radius 3 is 2.48 bits per heavy atom. The summed E-state index contributed by atoms with van der Waals surface area (Å²) in [7, 11) is 1.57. The quantitative estimate of drug-likeness (QED) is 0.231. The van der Waals surface area contributed by atoms with Gasteiger partial charge < -0.3 is 26.0 Å². The van der Waals surface area contributed by atoms with E-state index in [1.54, 1.807) is 31.3 Å². The number of aryl methyl sites for hydroxylation is 1. The van der Waals surface area contributed by atoms with Crippen molar-refractivity contribution < 1.29 is 29.3 Å². The third-order valence-electron chi connectivity index (χ3n) is 7.46. The van der Waals surface area contributed by atoms with E-state index in [1.807, 2.05) is 32.0 Å². The van der Waals surface area contributed by atoms with Crippen LogP contribution in [0, 0.1) is 5.82 Å². The molecule has 0 fully saturated rings. The molecular weight excluding hydrogens is 537 g/mol. The zero-order valence-corrected chi connectivity index (χ0v) is 24.2. The fourth-order valence-electron chi connectivity index (χ4n) is 5.47. The van der Waals surface area contributed by atoms with Crippen molar-refractivity contribution in [3.05, 3.63) is 88.0 Å². The first-order valence-electron chi connectivity index (χ1n) is 14.2. The van der Waals surface area contributed by atoms with Crippen molar-refractivity contribution in [3.63, 3.8) is 0 Å². The van der Waals surface area contributed by atoms with Crippen LogP contribution in [0.3, 0.4) is 0 Å². The number of carbonyl (C=O) groups excluding carboxylic acids is 1. The van der Waals surface area contributed by atoms with Crippen molar-refractivity contribution in [1.29, 1.82) is 0 Å². The SMILES string of the molecule is CNC(=O)Nc1ccc2c(c1)Cc1nc(C(C)C)c(C=C[C@@H](O)C[C@@H](O)CC(=O)O)c(-c3ccc(F)cc3)c1CCC2. The van der Waals surface area contributed by atoms with Gasteiger partial charge in [0.25, 0.3) is 0 Å². The number of carboxylic acids is 1. The molecule has 42 heavy (non-hydrogen) atoms. The van der Waals surface area contributed by atoms with Gasteiger partial charge in [0, 0.05) is 36.8 Å². The summed E-state index contributed by atoms with van der Waals surface area (Å²) in [6.07, 6.45) is 3.52. The maximum absolute atomic E-state index is 14.0. The third kappa shape index (κ3) is 7.60. The number of benzene rings is 2. The number of fused-ring (bicyclic) bond motifs is 2. The molecular formula is C33H38FN3O5. The second-order valence-electron chi connectivity index (χ2n) is 11.0. The molecule has 0 aliphatic heterocycles. The number of nitrogens with one attached hydrogen (secondary N) is 2. The summed E-state index contributed by atoms with van der Waals surface area (Å²) in [5.74, 6) is -1.47. The number of pyridine rings is 1. The number of aliphatic hydroxyl groups is 2. The average Bonchev–Trinajstić information content (AvgIpc) is 2.92. The number of rotatable bonds is 9. The van der Waals surface area contributed by atoms with Crippen molar-refractivity contribution in [3.8, 4) is 11.1 Å². The first-order valence-corrected chi connectivity index (χ1v) is 14.2. The van der Waals surface area contributed by atoms with Gasteiger partial charge in [-0.05, 0) is 77.3 Å². The Bertz CT molecular complexity index is 1470. The van der Waals surface area contributed by atoms with E-state index in [-0.39, 0.29) is 24.2 Å². The second kappa shape index (κ2) is 13.7. The Kier molecular flexibility index (Phi) is 10.1. The van der Waals surface area contributed by atoms with Gasteiger partial charge in [-0.2, -0.15) is 0 Å². The minimum atomic E-state index is -1.18. The number of aromatic nitrogens is 1. The summed E-state index contributed by atoms with van der Waals surface area (Å²) >= 11 is 0. The monoisotopic (exact) mass is 575 g/mol. The smallest absolute Gasteiger partial charge is 0.318 e. The van der Waals surface area contributed by atoms with Crippen molar-refractivity contribution in [1.82, 2.24) is 10.3 Å². The Hall–Kier alpha value is -4.08. The number of halogens is 1. The van der Waals surface area contributed by atoms with Crippen LogP contribution in [0.2, 0.25) is 0 Å². The highest BCUT2D eigenvalue weighted by Crippen LogP contribution is 2.38. The Morgan fingerprint density at radius 2 is 1.81 bits per heavy atom. The lowest BCUT2D eigenvalue weighted by Crippen LogP contribution is -2.24. The number of carboxylic acid groups (broad SMARTS) is 1. The highest BCUT2D eigenvalue weighted by atomic mass is 19.1. The molecule has 8 nitrogen and oxygen atoms in total. The predicted molar refractivity (Wildman–Crippen MR) is 161 cm³/mol. The molecule has 1 heterocycles. The van der Waals surface area contributed by atoms with Crippen molar-refractivity contribution in [2.24, 2.45) is 0 Å². The highest BCUT2D eigenvalue weighted by Gasteiger charge is 2.24. The molecule has 0 spiro atoms. The molecule has 0 bridgehead atoms. The van der Waals surface area contributed by atoms with Gasteiger partial charge in [0.1, 0.15) is 5.82 Å². The van der Waals surface area contributed by atoms with E-state index in [0.717, 1.165) is 58.5 Å². The standard InChI is InChI=1S/C33H38FN3O5/c1-19(2)32-28(14-13-25(38)17-26(39)18-30(40)41)31(21-7-10-23(34)11-8-21)27-6-4-5-20-9-12-24(36-33(42)35-3)15-22(20)16-29(27)37-32/h7-15,19,25-26,38-39H,4-6,16-18H2,1-3H3,(H,40,41)(H2,35,36,42)/t25-,26-/m1/s1. The van der Waals surface area contributed by atoms with Crippen LogP contribution in [-0.2, 0) is 24.1 Å². The van der Waals surface area contributed by atoms with Gasteiger partial charge in [0.15, 0.2) is 0 Å². The van der Waals surface area contributed by atoms with Crippen LogP contribution >= 0.6 is 0 Å².